The maximum atomic E-state index is 13.4. The number of unbranched alkanes of at least 4 members (excludes halogenated alkanes) is 7. The van der Waals surface area contributed by atoms with Crippen LogP contribution in [0.3, 0.4) is 0 Å². The lowest BCUT2D eigenvalue weighted by atomic mass is 10.1. The molecule has 0 saturated carbocycles. The van der Waals surface area contributed by atoms with Crippen molar-refractivity contribution < 1.29 is 26.8 Å². The van der Waals surface area contributed by atoms with Crippen LogP contribution in [0.4, 0.5) is 22.0 Å². The highest BCUT2D eigenvalue weighted by atomic mass is 19.2. The first-order valence-corrected chi connectivity index (χ1v) is 8.14. The molecule has 7 heteroatoms. The van der Waals surface area contributed by atoms with E-state index in [1.165, 1.54) is 31.9 Å². The number of hydrogen-bond acceptors (Lipinski definition) is 2. The number of nitrogens with zero attached hydrogens (tertiary/aromatic N) is 1. The number of halogens is 5. The van der Waals surface area contributed by atoms with E-state index < -0.39 is 41.3 Å². The zero-order chi connectivity index (χ0) is 17.9. The second kappa shape index (κ2) is 11.0. The molecule has 0 fully saturated rings. The molecule has 0 bridgehead atoms. The summed E-state index contributed by atoms with van der Waals surface area (Å²) in [5.41, 5.74) is -1.03. The van der Waals surface area contributed by atoms with E-state index in [-0.39, 0.29) is 0 Å². The quantitative estimate of drug-likeness (QED) is 0.119. The molecule has 0 atom stereocenters. The van der Waals surface area contributed by atoms with Gasteiger partial charge in [-0.1, -0.05) is 50.6 Å². The summed E-state index contributed by atoms with van der Waals surface area (Å²) in [5, 5.41) is 3.48. The molecule has 0 spiro atoms. The highest BCUT2D eigenvalue weighted by Gasteiger charge is 2.25. The minimum absolute atomic E-state index is 0.630. The summed E-state index contributed by atoms with van der Waals surface area (Å²) in [7, 11) is 0. The Labute approximate surface area is 138 Å². The molecule has 1 aromatic carbocycles. The molecule has 0 saturated heterocycles. The molecule has 0 N–H and O–H groups in total. The average molecular weight is 351 g/mol. The first-order valence-electron chi connectivity index (χ1n) is 8.14. The molecule has 2 nitrogen and oxygen atoms in total. The van der Waals surface area contributed by atoms with Crippen molar-refractivity contribution in [3.63, 3.8) is 0 Å². The van der Waals surface area contributed by atoms with Crippen molar-refractivity contribution in [2.75, 3.05) is 0 Å². The predicted molar refractivity (Wildman–Crippen MR) is 82.1 cm³/mol. The van der Waals surface area contributed by atoms with Crippen molar-refractivity contribution in [1.82, 2.24) is 0 Å². The van der Waals surface area contributed by atoms with Gasteiger partial charge in [-0.25, -0.2) is 22.0 Å². The second-order valence-electron chi connectivity index (χ2n) is 5.52. The van der Waals surface area contributed by atoms with Crippen LogP contribution in [0, 0.1) is 29.1 Å². The minimum Gasteiger partial charge on any atom is -0.391 e. The normalized spacial score (nSPS) is 11.4. The van der Waals surface area contributed by atoms with Gasteiger partial charge in [-0.3, -0.25) is 0 Å². The Morgan fingerprint density at radius 1 is 0.750 bits per heavy atom. The van der Waals surface area contributed by atoms with E-state index >= 15 is 0 Å². The summed E-state index contributed by atoms with van der Waals surface area (Å²) in [6.07, 6.45) is 10.0. The van der Waals surface area contributed by atoms with Crippen LogP contribution in [-0.4, -0.2) is 6.21 Å². The van der Waals surface area contributed by atoms with Crippen LogP contribution < -0.4 is 0 Å². The highest BCUT2D eigenvalue weighted by Crippen LogP contribution is 2.23. The molecule has 136 valence electrons. The van der Waals surface area contributed by atoms with E-state index in [0.717, 1.165) is 19.3 Å². The smallest absolute Gasteiger partial charge is 0.200 e. The summed E-state index contributed by atoms with van der Waals surface area (Å²) in [6, 6.07) is 0. The molecule has 0 aliphatic rings. The molecule has 0 aromatic heterocycles. The van der Waals surface area contributed by atoms with Gasteiger partial charge in [0.15, 0.2) is 23.3 Å². The SMILES string of the molecule is CCCCCCCCCC=NOCc1c(F)c(F)c(F)c(F)c1F. The van der Waals surface area contributed by atoms with Crippen molar-refractivity contribution in [1.29, 1.82) is 0 Å². The van der Waals surface area contributed by atoms with Crippen molar-refractivity contribution in [3.05, 3.63) is 34.6 Å². The maximum absolute atomic E-state index is 13.4. The third kappa shape index (κ3) is 6.09. The van der Waals surface area contributed by atoms with Crippen molar-refractivity contribution in [2.45, 2.75) is 64.9 Å². The van der Waals surface area contributed by atoms with Gasteiger partial charge in [0.1, 0.15) is 6.61 Å². The Morgan fingerprint density at radius 2 is 1.25 bits per heavy atom. The van der Waals surface area contributed by atoms with Gasteiger partial charge in [0, 0.05) is 6.21 Å². The third-order valence-corrected chi connectivity index (χ3v) is 3.60. The topological polar surface area (TPSA) is 21.6 Å². The van der Waals surface area contributed by atoms with Crippen LogP contribution in [0.2, 0.25) is 0 Å². The van der Waals surface area contributed by atoms with E-state index in [2.05, 4.69) is 16.9 Å². The van der Waals surface area contributed by atoms with Gasteiger partial charge in [-0.05, 0) is 12.8 Å². The molecule has 0 heterocycles. The van der Waals surface area contributed by atoms with Crippen molar-refractivity contribution in [3.8, 4) is 0 Å². The Kier molecular flexibility index (Phi) is 9.34. The van der Waals surface area contributed by atoms with Crippen LogP contribution in [0.1, 0.15) is 63.9 Å². The van der Waals surface area contributed by atoms with Crippen LogP contribution in [0.5, 0.6) is 0 Å². The Balaban J connectivity index is 2.31. The van der Waals surface area contributed by atoms with E-state index in [9.17, 15) is 22.0 Å². The Bertz CT molecular complexity index is 519. The Hall–Kier alpha value is -1.66. The molecular weight excluding hydrogens is 329 g/mol. The van der Waals surface area contributed by atoms with E-state index in [1.807, 2.05) is 0 Å². The molecule has 0 aliphatic carbocycles. The number of rotatable bonds is 11. The van der Waals surface area contributed by atoms with Gasteiger partial charge < -0.3 is 4.84 Å². The molecule has 0 aliphatic heterocycles. The summed E-state index contributed by atoms with van der Waals surface area (Å²) >= 11 is 0. The van der Waals surface area contributed by atoms with Gasteiger partial charge in [-0.2, -0.15) is 0 Å². The number of oxime groups is 1. The second-order valence-corrected chi connectivity index (χ2v) is 5.52. The molecule has 0 radical (unpaired) electrons. The molecule has 1 aromatic rings. The fourth-order valence-corrected chi connectivity index (χ4v) is 2.18. The van der Waals surface area contributed by atoms with Gasteiger partial charge in [0.2, 0.25) is 5.82 Å². The zero-order valence-corrected chi connectivity index (χ0v) is 13.7. The lowest BCUT2D eigenvalue weighted by Crippen LogP contribution is -2.07. The predicted octanol–water partition coefficient (Wildman–Crippen LogP) is 6.03. The first-order chi connectivity index (χ1) is 11.5. The number of benzene rings is 1. The third-order valence-electron chi connectivity index (χ3n) is 3.60. The van der Waals surface area contributed by atoms with E-state index in [1.54, 1.807) is 0 Å². The lowest BCUT2D eigenvalue weighted by Gasteiger charge is -2.06. The fourth-order valence-electron chi connectivity index (χ4n) is 2.18. The van der Waals surface area contributed by atoms with Gasteiger partial charge in [-0.15, -0.1) is 0 Å². The molecular formula is C17H22F5NO. The molecule has 24 heavy (non-hydrogen) atoms. The summed E-state index contributed by atoms with van der Waals surface area (Å²) in [5.74, 6) is -9.95. The van der Waals surface area contributed by atoms with E-state index in [0.29, 0.717) is 6.42 Å². The Morgan fingerprint density at radius 3 is 1.83 bits per heavy atom. The monoisotopic (exact) mass is 351 g/mol. The van der Waals surface area contributed by atoms with Gasteiger partial charge in [0.05, 0.1) is 5.56 Å². The fraction of sp³-hybridized carbons (Fsp3) is 0.588. The standard InChI is InChI=1S/C17H22F5NO/c1-2-3-4-5-6-7-8-9-10-23-24-11-12-13(18)15(20)17(22)16(21)14(12)19/h10H,2-9,11H2,1H3. The van der Waals surface area contributed by atoms with Crippen LogP contribution in [-0.2, 0) is 11.4 Å². The van der Waals surface area contributed by atoms with Crippen molar-refractivity contribution >= 4 is 6.21 Å². The van der Waals surface area contributed by atoms with E-state index in [4.69, 9.17) is 0 Å². The molecule has 0 amide bonds. The molecule has 0 unspecified atom stereocenters. The maximum Gasteiger partial charge on any atom is 0.200 e. The van der Waals surface area contributed by atoms with Crippen molar-refractivity contribution in [2.24, 2.45) is 5.16 Å². The van der Waals surface area contributed by atoms with Gasteiger partial charge >= 0.3 is 0 Å². The van der Waals surface area contributed by atoms with Gasteiger partial charge in [0.25, 0.3) is 0 Å². The van der Waals surface area contributed by atoms with Crippen LogP contribution in [0.25, 0.3) is 0 Å². The summed E-state index contributed by atoms with van der Waals surface area (Å²) < 4.78 is 65.5. The summed E-state index contributed by atoms with van der Waals surface area (Å²) in [6.45, 7) is 1.34. The minimum atomic E-state index is -2.18. The lowest BCUT2D eigenvalue weighted by molar-refractivity contribution is 0.124. The zero-order valence-electron chi connectivity index (χ0n) is 13.7. The highest BCUT2D eigenvalue weighted by molar-refractivity contribution is 5.56. The first kappa shape index (κ1) is 20.4. The summed E-state index contributed by atoms with van der Waals surface area (Å²) in [4.78, 5) is 4.62. The largest absolute Gasteiger partial charge is 0.391 e. The van der Waals surface area contributed by atoms with Crippen LogP contribution in [0.15, 0.2) is 5.16 Å². The molecule has 1 rings (SSSR count). The van der Waals surface area contributed by atoms with Crippen LogP contribution >= 0.6 is 0 Å². The average Bonchev–Trinajstić information content (AvgIpc) is 2.58. The number of hydrogen-bond donors (Lipinski definition) is 0.